The smallest absolute Gasteiger partial charge is 0.410 e. The van der Waals surface area contributed by atoms with Crippen LogP contribution in [0.5, 0.6) is 0 Å². The highest BCUT2D eigenvalue weighted by molar-refractivity contribution is 5.80. The molecule has 142 valence electrons. The topological polar surface area (TPSA) is 90.6 Å². The van der Waals surface area contributed by atoms with Gasteiger partial charge < -0.3 is 9.84 Å². The minimum Gasteiger partial charge on any atom is -0.480 e. The van der Waals surface area contributed by atoms with E-state index in [9.17, 15) is 9.59 Å². The molecule has 1 fully saturated rings. The molecule has 0 heterocycles. The molecule has 0 atom stereocenters. The Morgan fingerprint density at radius 3 is 2.18 bits per heavy atom. The summed E-state index contributed by atoms with van der Waals surface area (Å²) in [6.45, 7) is -0.267. The van der Waals surface area contributed by atoms with Crippen LogP contribution in [0.1, 0.15) is 29.9 Å². The van der Waals surface area contributed by atoms with Gasteiger partial charge in [-0.15, -0.1) is 0 Å². The van der Waals surface area contributed by atoms with Gasteiger partial charge in [0.25, 0.3) is 0 Å². The fourth-order valence-electron chi connectivity index (χ4n) is 4.11. The van der Waals surface area contributed by atoms with Crippen LogP contribution in [-0.2, 0) is 9.53 Å². The predicted molar refractivity (Wildman–Crippen MR) is 102 cm³/mol. The maximum absolute atomic E-state index is 12.6. The molecule has 2 aromatic rings. The Morgan fingerprint density at radius 2 is 1.64 bits per heavy atom. The van der Waals surface area contributed by atoms with Gasteiger partial charge in [0.05, 0.1) is 12.0 Å². The predicted octanol–water partition coefficient (Wildman–Crippen LogP) is 3.62. The van der Waals surface area contributed by atoms with E-state index in [1.807, 2.05) is 36.4 Å². The van der Waals surface area contributed by atoms with Gasteiger partial charge in [-0.25, -0.2) is 4.79 Å². The first kappa shape index (κ1) is 18.1. The Balaban J connectivity index is 1.49. The molecule has 28 heavy (non-hydrogen) atoms. The molecule has 4 rings (SSSR count). The van der Waals surface area contributed by atoms with E-state index in [-0.39, 0.29) is 24.5 Å². The van der Waals surface area contributed by atoms with Gasteiger partial charge >= 0.3 is 12.1 Å². The van der Waals surface area contributed by atoms with E-state index in [0.717, 1.165) is 22.3 Å². The standard InChI is InChI=1S/C22H20N2O4/c23-11-14-9-15(10-14)24(12-21(25)26)22(27)28-13-20-18-7-3-1-5-16(18)17-6-2-4-8-19(17)20/h1-8,14-15,20H,9-10,12-13H2,(H,25,26). The lowest BCUT2D eigenvalue weighted by Crippen LogP contribution is -2.50. The molecule has 0 saturated heterocycles. The summed E-state index contributed by atoms with van der Waals surface area (Å²) in [4.78, 5) is 25.1. The molecule has 1 N–H and O–H groups in total. The zero-order valence-corrected chi connectivity index (χ0v) is 15.2. The molecule has 1 amide bonds. The van der Waals surface area contributed by atoms with Crippen LogP contribution in [0, 0.1) is 17.2 Å². The number of nitriles is 1. The van der Waals surface area contributed by atoms with Crippen LogP contribution < -0.4 is 0 Å². The minimum absolute atomic E-state index is 0.0729. The first-order valence-corrected chi connectivity index (χ1v) is 9.31. The highest BCUT2D eigenvalue weighted by atomic mass is 16.6. The highest BCUT2D eigenvalue weighted by Gasteiger charge is 2.38. The number of benzene rings is 2. The molecule has 2 aliphatic carbocycles. The normalized spacial score (nSPS) is 19.7. The Kier molecular flexibility index (Phi) is 4.74. The molecule has 1 saturated carbocycles. The van der Waals surface area contributed by atoms with E-state index in [0.29, 0.717) is 12.8 Å². The number of rotatable bonds is 5. The van der Waals surface area contributed by atoms with Gasteiger partial charge in [0.1, 0.15) is 13.2 Å². The summed E-state index contributed by atoms with van der Waals surface area (Å²) in [6.07, 6.45) is 0.354. The van der Waals surface area contributed by atoms with Crippen LogP contribution in [-0.4, -0.2) is 41.3 Å². The van der Waals surface area contributed by atoms with Crippen molar-refractivity contribution in [3.05, 3.63) is 59.7 Å². The van der Waals surface area contributed by atoms with Gasteiger partial charge in [-0.2, -0.15) is 5.26 Å². The van der Waals surface area contributed by atoms with Crippen molar-refractivity contribution in [1.82, 2.24) is 4.90 Å². The summed E-state index contributed by atoms with van der Waals surface area (Å²) in [6, 6.07) is 18.0. The number of carbonyl (C=O) groups excluding carboxylic acids is 1. The highest BCUT2D eigenvalue weighted by Crippen LogP contribution is 2.44. The third-order valence-corrected chi connectivity index (χ3v) is 5.61. The van der Waals surface area contributed by atoms with Crippen molar-refractivity contribution >= 4 is 12.1 Å². The van der Waals surface area contributed by atoms with Gasteiger partial charge in [-0.1, -0.05) is 48.5 Å². The Labute approximate surface area is 163 Å². The quantitative estimate of drug-likeness (QED) is 0.861. The first-order chi connectivity index (χ1) is 13.6. The molecular weight excluding hydrogens is 356 g/mol. The Hall–Kier alpha value is -3.33. The van der Waals surface area contributed by atoms with E-state index >= 15 is 0 Å². The van der Waals surface area contributed by atoms with Crippen LogP contribution in [0.3, 0.4) is 0 Å². The van der Waals surface area contributed by atoms with E-state index < -0.39 is 18.6 Å². The molecule has 0 spiro atoms. The number of nitrogens with zero attached hydrogens (tertiary/aromatic N) is 2. The van der Waals surface area contributed by atoms with E-state index in [2.05, 4.69) is 18.2 Å². The van der Waals surface area contributed by atoms with Crippen molar-refractivity contribution in [3.8, 4) is 17.2 Å². The maximum atomic E-state index is 12.6. The van der Waals surface area contributed by atoms with E-state index in [4.69, 9.17) is 15.1 Å². The summed E-state index contributed by atoms with van der Waals surface area (Å²) in [7, 11) is 0. The second kappa shape index (κ2) is 7.35. The number of hydrogen-bond donors (Lipinski definition) is 1. The molecule has 6 nitrogen and oxygen atoms in total. The van der Waals surface area contributed by atoms with Crippen LogP contribution in [0.2, 0.25) is 0 Å². The zero-order valence-electron chi connectivity index (χ0n) is 15.2. The summed E-state index contributed by atoms with van der Waals surface area (Å²) in [5.74, 6) is -1.28. The number of ether oxygens (including phenoxy) is 1. The molecule has 0 radical (unpaired) electrons. The first-order valence-electron chi connectivity index (χ1n) is 9.31. The van der Waals surface area contributed by atoms with Crippen LogP contribution in [0.25, 0.3) is 11.1 Å². The molecule has 6 heteroatoms. The lowest BCUT2D eigenvalue weighted by Gasteiger charge is -2.38. The number of amides is 1. The number of hydrogen-bond acceptors (Lipinski definition) is 4. The second-order valence-electron chi connectivity index (χ2n) is 7.28. The molecule has 0 aliphatic heterocycles. The molecule has 0 unspecified atom stereocenters. The number of fused-ring (bicyclic) bond motifs is 3. The Bertz CT molecular complexity index is 914. The Morgan fingerprint density at radius 1 is 1.07 bits per heavy atom. The molecule has 0 bridgehead atoms. The van der Waals surface area contributed by atoms with Gasteiger partial charge in [-0.05, 0) is 35.1 Å². The van der Waals surface area contributed by atoms with Crippen molar-refractivity contribution < 1.29 is 19.4 Å². The lowest BCUT2D eigenvalue weighted by molar-refractivity contribution is -0.139. The fraction of sp³-hybridized carbons (Fsp3) is 0.318. The van der Waals surface area contributed by atoms with Gasteiger partial charge in [0.15, 0.2) is 0 Å². The second-order valence-corrected chi connectivity index (χ2v) is 7.28. The molecule has 2 aromatic carbocycles. The van der Waals surface area contributed by atoms with Crippen molar-refractivity contribution in [3.63, 3.8) is 0 Å². The minimum atomic E-state index is -1.09. The van der Waals surface area contributed by atoms with Gasteiger partial charge in [-0.3, -0.25) is 9.69 Å². The number of aliphatic carboxylic acids is 1. The third kappa shape index (κ3) is 3.20. The number of carboxylic acids is 1. The number of carboxylic acid groups (broad SMARTS) is 1. The fourth-order valence-corrected chi connectivity index (χ4v) is 4.11. The van der Waals surface area contributed by atoms with Crippen LogP contribution in [0.4, 0.5) is 4.79 Å². The van der Waals surface area contributed by atoms with Crippen molar-refractivity contribution in [2.75, 3.05) is 13.2 Å². The summed E-state index contributed by atoms with van der Waals surface area (Å²) < 4.78 is 5.57. The lowest BCUT2D eigenvalue weighted by atomic mass is 9.80. The van der Waals surface area contributed by atoms with Gasteiger partial charge in [0.2, 0.25) is 0 Å². The maximum Gasteiger partial charge on any atom is 0.410 e. The average Bonchev–Trinajstić information content (AvgIpc) is 2.98. The zero-order chi connectivity index (χ0) is 19.7. The molecule has 2 aliphatic rings. The van der Waals surface area contributed by atoms with Gasteiger partial charge in [0, 0.05) is 12.0 Å². The monoisotopic (exact) mass is 376 g/mol. The molecular formula is C22H20N2O4. The third-order valence-electron chi connectivity index (χ3n) is 5.61. The van der Waals surface area contributed by atoms with Crippen LogP contribution in [0.15, 0.2) is 48.5 Å². The average molecular weight is 376 g/mol. The largest absolute Gasteiger partial charge is 0.480 e. The SMILES string of the molecule is N#CC1CC(N(CC(=O)O)C(=O)OCC2c3ccccc3-c3ccccc32)C1. The van der Waals surface area contributed by atoms with Crippen molar-refractivity contribution in [1.29, 1.82) is 5.26 Å². The van der Waals surface area contributed by atoms with Crippen molar-refractivity contribution in [2.24, 2.45) is 5.92 Å². The van der Waals surface area contributed by atoms with E-state index in [1.165, 1.54) is 4.90 Å². The van der Waals surface area contributed by atoms with Crippen LogP contribution >= 0.6 is 0 Å². The van der Waals surface area contributed by atoms with E-state index in [1.54, 1.807) is 0 Å². The summed E-state index contributed by atoms with van der Waals surface area (Å²) in [5.41, 5.74) is 4.48. The molecule has 0 aromatic heterocycles. The summed E-state index contributed by atoms with van der Waals surface area (Å²) >= 11 is 0. The number of carbonyl (C=O) groups is 2. The van der Waals surface area contributed by atoms with Crippen molar-refractivity contribution in [2.45, 2.75) is 24.8 Å². The summed E-state index contributed by atoms with van der Waals surface area (Å²) in [5, 5.41) is 18.1.